The van der Waals surface area contributed by atoms with E-state index < -0.39 is 5.91 Å². The quantitative estimate of drug-likeness (QED) is 0.708. The number of carbonyl (C=O) groups is 1. The maximum absolute atomic E-state index is 12.3. The Kier molecular flexibility index (Phi) is 4.88. The minimum absolute atomic E-state index is 0.161. The van der Waals surface area contributed by atoms with Gasteiger partial charge in [-0.25, -0.2) is 10.2 Å². The van der Waals surface area contributed by atoms with E-state index in [9.17, 15) is 4.79 Å². The Morgan fingerprint density at radius 2 is 1.75 bits per heavy atom. The second-order valence-corrected chi connectivity index (χ2v) is 5.03. The fourth-order valence-electron chi connectivity index (χ4n) is 2.19. The average molecular weight is 323 g/mol. The number of methoxy groups -OCH3 is 1. The molecule has 0 aliphatic rings. The fourth-order valence-corrected chi connectivity index (χ4v) is 2.19. The van der Waals surface area contributed by atoms with Gasteiger partial charge in [0.1, 0.15) is 0 Å². The molecule has 3 rings (SSSR count). The van der Waals surface area contributed by atoms with E-state index >= 15 is 0 Å². The molecule has 3 aromatic rings. The van der Waals surface area contributed by atoms with Crippen LogP contribution < -0.4 is 10.2 Å². The van der Waals surface area contributed by atoms with Crippen molar-refractivity contribution in [3.05, 3.63) is 78.1 Å². The second-order valence-electron chi connectivity index (χ2n) is 5.03. The van der Waals surface area contributed by atoms with E-state index in [2.05, 4.69) is 10.6 Å². The van der Waals surface area contributed by atoms with Gasteiger partial charge in [-0.05, 0) is 17.7 Å². The summed E-state index contributed by atoms with van der Waals surface area (Å²) in [5.41, 5.74) is 4.35. The first-order chi connectivity index (χ1) is 11.8. The zero-order valence-corrected chi connectivity index (χ0v) is 13.2. The van der Waals surface area contributed by atoms with Crippen LogP contribution in [0.5, 0.6) is 5.75 Å². The SMILES string of the molecule is COc1cn(-c2ccccc2)nc1C(=O)NOCc1ccccc1. The van der Waals surface area contributed by atoms with Gasteiger partial charge < -0.3 is 4.74 Å². The molecule has 0 aliphatic heterocycles. The van der Waals surface area contributed by atoms with Gasteiger partial charge in [0.15, 0.2) is 11.4 Å². The molecule has 6 heteroatoms. The van der Waals surface area contributed by atoms with E-state index in [4.69, 9.17) is 9.57 Å². The smallest absolute Gasteiger partial charge is 0.299 e. The number of hydrogen-bond acceptors (Lipinski definition) is 4. The average Bonchev–Trinajstić information content (AvgIpc) is 3.08. The Hall–Kier alpha value is -3.12. The van der Waals surface area contributed by atoms with Gasteiger partial charge in [-0.3, -0.25) is 9.63 Å². The third kappa shape index (κ3) is 3.61. The summed E-state index contributed by atoms with van der Waals surface area (Å²) < 4.78 is 6.82. The summed E-state index contributed by atoms with van der Waals surface area (Å²) in [4.78, 5) is 17.5. The third-order valence-corrected chi connectivity index (χ3v) is 3.38. The molecule has 1 amide bonds. The van der Waals surface area contributed by atoms with Crippen LogP contribution >= 0.6 is 0 Å². The largest absolute Gasteiger partial charge is 0.493 e. The minimum Gasteiger partial charge on any atom is -0.493 e. The Bertz CT molecular complexity index is 801. The molecule has 0 saturated carbocycles. The van der Waals surface area contributed by atoms with Crippen LogP contribution in [0.1, 0.15) is 16.1 Å². The number of ether oxygens (including phenoxy) is 1. The third-order valence-electron chi connectivity index (χ3n) is 3.38. The predicted octanol–water partition coefficient (Wildman–Crippen LogP) is 2.74. The molecule has 0 saturated heterocycles. The van der Waals surface area contributed by atoms with Gasteiger partial charge in [0, 0.05) is 0 Å². The summed E-state index contributed by atoms with van der Waals surface area (Å²) >= 11 is 0. The van der Waals surface area contributed by atoms with Crippen LogP contribution in [-0.4, -0.2) is 22.8 Å². The minimum atomic E-state index is -0.461. The molecular formula is C18H17N3O3. The number of nitrogens with zero attached hydrogens (tertiary/aromatic N) is 2. The summed E-state index contributed by atoms with van der Waals surface area (Å²) in [6, 6.07) is 19.0. The number of amides is 1. The van der Waals surface area contributed by atoms with Gasteiger partial charge in [-0.15, -0.1) is 0 Å². The lowest BCUT2D eigenvalue weighted by atomic mass is 10.2. The number of para-hydroxylation sites is 1. The highest BCUT2D eigenvalue weighted by molar-refractivity contribution is 5.94. The lowest BCUT2D eigenvalue weighted by Crippen LogP contribution is -2.24. The van der Waals surface area contributed by atoms with Gasteiger partial charge in [0.2, 0.25) is 0 Å². The first-order valence-corrected chi connectivity index (χ1v) is 7.43. The molecule has 6 nitrogen and oxygen atoms in total. The number of hydrogen-bond donors (Lipinski definition) is 1. The van der Waals surface area contributed by atoms with Crippen molar-refractivity contribution in [1.82, 2.24) is 15.3 Å². The molecule has 0 radical (unpaired) electrons. The lowest BCUT2D eigenvalue weighted by molar-refractivity contribution is 0.0227. The molecular weight excluding hydrogens is 306 g/mol. The van der Waals surface area contributed by atoms with Crippen LogP contribution in [0.2, 0.25) is 0 Å². The predicted molar refractivity (Wildman–Crippen MR) is 88.8 cm³/mol. The highest BCUT2D eigenvalue weighted by atomic mass is 16.6. The molecule has 1 aromatic heterocycles. The molecule has 1 heterocycles. The van der Waals surface area contributed by atoms with E-state index in [1.54, 1.807) is 10.9 Å². The molecule has 0 atom stereocenters. The van der Waals surface area contributed by atoms with Crippen LogP contribution in [0, 0.1) is 0 Å². The van der Waals surface area contributed by atoms with Crippen molar-refractivity contribution in [1.29, 1.82) is 0 Å². The van der Waals surface area contributed by atoms with E-state index in [0.29, 0.717) is 5.75 Å². The summed E-state index contributed by atoms with van der Waals surface area (Å²) in [6.45, 7) is 0.272. The van der Waals surface area contributed by atoms with Crippen molar-refractivity contribution in [2.75, 3.05) is 7.11 Å². The molecule has 2 aromatic carbocycles. The number of nitrogens with one attached hydrogen (secondary N) is 1. The van der Waals surface area contributed by atoms with Gasteiger partial charge >= 0.3 is 0 Å². The summed E-state index contributed by atoms with van der Waals surface area (Å²) in [5.74, 6) is -0.0860. The maximum Gasteiger partial charge on any atom is 0.299 e. The molecule has 122 valence electrons. The van der Waals surface area contributed by atoms with Crippen molar-refractivity contribution in [3.8, 4) is 11.4 Å². The Labute approximate surface area is 139 Å². The van der Waals surface area contributed by atoms with Crippen molar-refractivity contribution in [2.45, 2.75) is 6.61 Å². The topological polar surface area (TPSA) is 65.4 Å². The van der Waals surface area contributed by atoms with Crippen molar-refractivity contribution in [2.24, 2.45) is 0 Å². The van der Waals surface area contributed by atoms with Gasteiger partial charge in [0.05, 0.1) is 25.6 Å². The molecule has 0 spiro atoms. The van der Waals surface area contributed by atoms with Crippen LogP contribution in [-0.2, 0) is 11.4 Å². The van der Waals surface area contributed by atoms with Gasteiger partial charge in [0.25, 0.3) is 5.91 Å². The van der Waals surface area contributed by atoms with E-state index in [-0.39, 0.29) is 12.3 Å². The fraction of sp³-hybridized carbons (Fsp3) is 0.111. The van der Waals surface area contributed by atoms with Crippen LogP contribution in [0.4, 0.5) is 0 Å². The highest BCUT2D eigenvalue weighted by Crippen LogP contribution is 2.19. The first kappa shape index (κ1) is 15.8. The Balaban J connectivity index is 1.69. The molecule has 0 aliphatic carbocycles. The zero-order chi connectivity index (χ0) is 16.8. The second kappa shape index (κ2) is 7.43. The van der Waals surface area contributed by atoms with Crippen molar-refractivity contribution >= 4 is 5.91 Å². The summed E-state index contributed by atoms with van der Waals surface area (Å²) in [5, 5.41) is 4.28. The van der Waals surface area contributed by atoms with Crippen molar-refractivity contribution < 1.29 is 14.4 Å². The number of aromatic nitrogens is 2. The highest BCUT2D eigenvalue weighted by Gasteiger charge is 2.18. The van der Waals surface area contributed by atoms with E-state index in [1.807, 2.05) is 60.7 Å². The number of carbonyl (C=O) groups excluding carboxylic acids is 1. The van der Waals surface area contributed by atoms with Gasteiger partial charge in [-0.1, -0.05) is 48.5 Å². The normalized spacial score (nSPS) is 10.4. The number of benzene rings is 2. The first-order valence-electron chi connectivity index (χ1n) is 7.43. The standard InChI is InChI=1S/C18H17N3O3/c1-23-16-12-21(15-10-6-3-7-11-15)19-17(16)18(22)20-24-13-14-8-4-2-5-9-14/h2-12H,13H2,1H3,(H,20,22). The summed E-state index contributed by atoms with van der Waals surface area (Å²) in [7, 11) is 1.49. The Morgan fingerprint density at radius 1 is 1.08 bits per heavy atom. The van der Waals surface area contributed by atoms with Crippen LogP contribution in [0.25, 0.3) is 5.69 Å². The molecule has 0 fully saturated rings. The Morgan fingerprint density at radius 3 is 2.42 bits per heavy atom. The monoisotopic (exact) mass is 323 g/mol. The van der Waals surface area contributed by atoms with E-state index in [1.165, 1.54) is 7.11 Å². The van der Waals surface area contributed by atoms with E-state index in [0.717, 1.165) is 11.3 Å². The lowest BCUT2D eigenvalue weighted by Gasteiger charge is -2.05. The van der Waals surface area contributed by atoms with Crippen molar-refractivity contribution in [3.63, 3.8) is 0 Å². The molecule has 0 unspecified atom stereocenters. The molecule has 0 bridgehead atoms. The summed E-state index contributed by atoms with van der Waals surface area (Å²) in [6.07, 6.45) is 1.65. The number of hydroxylamine groups is 1. The van der Waals surface area contributed by atoms with Crippen LogP contribution in [0.3, 0.4) is 0 Å². The molecule has 1 N–H and O–H groups in total. The maximum atomic E-state index is 12.3. The van der Waals surface area contributed by atoms with Gasteiger partial charge in [-0.2, -0.15) is 5.10 Å². The molecule has 24 heavy (non-hydrogen) atoms. The zero-order valence-electron chi connectivity index (χ0n) is 13.2. The number of rotatable bonds is 6. The van der Waals surface area contributed by atoms with Crippen LogP contribution in [0.15, 0.2) is 66.9 Å².